The van der Waals surface area contributed by atoms with Crippen LogP contribution in [0.1, 0.15) is 46.0 Å². The van der Waals surface area contributed by atoms with Gasteiger partial charge in [0.05, 0.1) is 6.61 Å². The molecule has 0 aromatic rings. The zero-order chi connectivity index (χ0) is 11.5. The Hall–Kier alpha value is -0.410. The lowest BCUT2D eigenvalue weighted by Crippen LogP contribution is -2.29. The molecule has 0 unspecified atom stereocenters. The number of carbonyl (C=O) groups excluding carboxylic acids is 1. The molecule has 0 saturated carbocycles. The second-order valence-corrected chi connectivity index (χ2v) is 4.08. The average Bonchev–Trinajstić information content (AvgIpc) is 2.20. The molecule has 0 aliphatic rings. The molecule has 1 N–H and O–H groups in total. The minimum atomic E-state index is 0.233. The fraction of sp³-hybridized carbons (Fsp3) is 0.917. The van der Waals surface area contributed by atoms with Crippen LogP contribution in [-0.4, -0.2) is 42.0 Å². The number of rotatable bonds is 10. The van der Waals surface area contributed by atoms with E-state index in [2.05, 4.69) is 11.8 Å². The molecule has 0 fully saturated rings. The Morgan fingerprint density at radius 2 is 1.80 bits per heavy atom. The standard InChI is InChI=1S/C12H25NO2/c1-3-4-8-13(10-11-14)9-6-5-7-12(2)15/h14H,3-11H2,1-2H3. The van der Waals surface area contributed by atoms with E-state index in [-0.39, 0.29) is 12.4 Å². The Balaban J connectivity index is 3.51. The predicted molar refractivity (Wildman–Crippen MR) is 63.0 cm³/mol. The summed E-state index contributed by atoms with van der Waals surface area (Å²) in [5.74, 6) is 0.275. The van der Waals surface area contributed by atoms with Crippen LogP contribution < -0.4 is 0 Å². The van der Waals surface area contributed by atoms with E-state index in [1.807, 2.05) is 0 Å². The zero-order valence-corrected chi connectivity index (χ0v) is 10.2. The van der Waals surface area contributed by atoms with Crippen molar-refractivity contribution < 1.29 is 9.90 Å². The van der Waals surface area contributed by atoms with Crippen molar-refractivity contribution in [2.24, 2.45) is 0 Å². The molecular formula is C12H25NO2. The summed E-state index contributed by atoms with van der Waals surface area (Å²) < 4.78 is 0. The highest BCUT2D eigenvalue weighted by Gasteiger charge is 2.03. The van der Waals surface area contributed by atoms with E-state index in [0.29, 0.717) is 6.42 Å². The van der Waals surface area contributed by atoms with Crippen LogP contribution in [0, 0.1) is 0 Å². The lowest BCUT2D eigenvalue weighted by molar-refractivity contribution is -0.117. The topological polar surface area (TPSA) is 40.5 Å². The maximum Gasteiger partial charge on any atom is 0.129 e. The van der Waals surface area contributed by atoms with Gasteiger partial charge >= 0.3 is 0 Å². The molecule has 0 bridgehead atoms. The molecule has 0 aromatic carbocycles. The van der Waals surface area contributed by atoms with Gasteiger partial charge in [-0.25, -0.2) is 0 Å². The maximum atomic E-state index is 10.7. The minimum absolute atomic E-state index is 0.233. The van der Waals surface area contributed by atoms with E-state index in [1.54, 1.807) is 6.92 Å². The summed E-state index contributed by atoms with van der Waals surface area (Å²) in [6, 6.07) is 0. The van der Waals surface area contributed by atoms with Crippen molar-refractivity contribution in [2.45, 2.75) is 46.0 Å². The van der Waals surface area contributed by atoms with Gasteiger partial charge in [-0.15, -0.1) is 0 Å². The van der Waals surface area contributed by atoms with E-state index in [9.17, 15) is 4.79 Å². The van der Waals surface area contributed by atoms with Crippen LogP contribution >= 0.6 is 0 Å². The van der Waals surface area contributed by atoms with Gasteiger partial charge in [0.25, 0.3) is 0 Å². The van der Waals surface area contributed by atoms with Gasteiger partial charge in [0.15, 0.2) is 0 Å². The van der Waals surface area contributed by atoms with Crippen LogP contribution in [0.4, 0.5) is 0 Å². The molecule has 3 heteroatoms. The van der Waals surface area contributed by atoms with Crippen molar-refractivity contribution in [3.63, 3.8) is 0 Å². The smallest absolute Gasteiger partial charge is 0.129 e. The Kier molecular flexibility index (Phi) is 9.84. The monoisotopic (exact) mass is 215 g/mol. The van der Waals surface area contributed by atoms with Crippen LogP contribution in [0.3, 0.4) is 0 Å². The number of hydrogen-bond donors (Lipinski definition) is 1. The van der Waals surface area contributed by atoms with Gasteiger partial charge in [0, 0.05) is 13.0 Å². The van der Waals surface area contributed by atoms with Gasteiger partial charge < -0.3 is 14.8 Å². The van der Waals surface area contributed by atoms with E-state index < -0.39 is 0 Å². The van der Waals surface area contributed by atoms with Gasteiger partial charge in [-0.1, -0.05) is 13.3 Å². The van der Waals surface area contributed by atoms with Gasteiger partial charge in [-0.3, -0.25) is 0 Å². The summed E-state index contributed by atoms with van der Waals surface area (Å²) in [6.07, 6.45) is 5.11. The predicted octanol–water partition coefficient (Wildman–Crippen LogP) is 1.84. The summed E-state index contributed by atoms with van der Waals surface area (Å²) in [4.78, 5) is 13.0. The Bertz CT molecular complexity index is 160. The highest BCUT2D eigenvalue weighted by atomic mass is 16.3. The van der Waals surface area contributed by atoms with Gasteiger partial charge in [0.2, 0.25) is 0 Å². The molecule has 3 nitrogen and oxygen atoms in total. The number of unbranched alkanes of at least 4 members (excludes halogenated alkanes) is 2. The second kappa shape index (κ2) is 10.1. The molecule has 0 spiro atoms. The fourth-order valence-electron chi connectivity index (χ4n) is 1.57. The first kappa shape index (κ1) is 14.6. The number of carbonyl (C=O) groups is 1. The first-order valence-electron chi connectivity index (χ1n) is 6.03. The Morgan fingerprint density at radius 3 is 2.33 bits per heavy atom. The normalized spacial score (nSPS) is 10.9. The van der Waals surface area contributed by atoms with Gasteiger partial charge in [0.1, 0.15) is 5.78 Å². The summed E-state index contributed by atoms with van der Waals surface area (Å²) in [7, 11) is 0. The maximum absolute atomic E-state index is 10.7. The van der Waals surface area contributed by atoms with E-state index in [0.717, 1.165) is 32.5 Å². The number of nitrogens with zero attached hydrogens (tertiary/aromatic N) is 1. The third-order valence-corrected chi connectivity index (χ3v) is 2.50. The molecule has 0 aromatic heterocycles. The van der Waals surface area contributed by atoms with Crippen LogP contribution in [0.15, 0.2) is 0 Å². The highest BCUT2D eigenvalue weighted by molar-refractivity contribution is 5.75. The second-order valence-electron chi connectivity index (χ2n) is 4.08. The van der Waals surface area contributed by atoms with Crippen molar-refractivity contribution >= 4 is 5.78 Å². The van der Waals surface area contributed by atoms with E-state index in [4.69, 9.17) is 5.11 Å². The summed E-state index contributed by atoms with van der Waals surface area (Å²) >= 11 is 0. The molecule has 15 heavy (non-hydrogen) atoms. The molecule has 0 radical (unpaired) electrons. The number of aliphatic hydroxyl groups excluding tert-OH is 1. The summed E-state index contributed by atoms with van der Waals surface area (Å²) in [5, 5.41) is 8.88. The third kappa shape index (κ3) is 9.88. The molecule has 0 heterocycles. The van der Waals surface area contributed by atoms with Crippen molar-refractivity contribution in [3.8, 4) is 0 Å². The summed E-state index contributed by atoms with van der Waals surface area (Å²) in [6.45, 7) is 6.89. The molecule has 0 aliphatic carbocycles. The quantitative estimate of drug-likeness (QED) is 0.565. The molecule has 0 aliphatic heterocycles. The number of hydrogen-bond acceptors (Lipinski definition) is 3. The fourth-order valence-corrected chi connectivity index (χ4v) is 1.57. The Morgan fingerprint density at radius 1 is 1.13 bits per heavy atom. The Labute approximate surface area is 93.5 Å². The number of aliphatic hydroxyl groups is 1. The highest BCUT2D eigenvalue weighted by Crippen LogP contribution is 2.01. The average molecular weight is 215 g/mol. The zero-order valence-electron chi connectivity index (χ0n) is 10.2. The third-order valence-electron chi connectivity index (χ3n) is 2.50. The van der Waals surface area contributed by atoms with Crippen molar-refractivity contribution in [2.75, 3.05) is 26.2 Å². The van der Waals surface area contributed by atoms with Crippen LogP contribution in [0.2, 0.25) is 0 Å². The first-order valence-corrected chi connectivity index (χ1v) is 6.03. The minimum Gasteiger partial charge on any atom is -0.395 e. The molecule has 0 atom stereocenters. The first-order chi connectivity index (χ1) is 7.20. The lowest BCUT2D eigenvalue weighted by Gasteiger charge is -2.20. The molecule has 0 rings (SSSR count). The van der Waals surface area contributed by atoms with Crippen molar-refractivity contribution in [3.05, 3.63) is 0 Å². The van der Waals surface area contributed by atoms with Crippen molar-refractivity contribution in [1.82, 2.24) is 4.90 Å². The van der Waals surface area contributed by atoms with Gasteiger partial charge in [-0.2, -0.15) is 0 Å². The molecule has 0 amide bonds. The lowest BCUT2D eigenvalue weighted by atomic mass is 10.2. The van der Waals surface area contributed by atoms with E-state index >= 15 is 0 Å². The molecule has 90 valence electrons. The van der Waals surface area contributed by atoms with Crippen molar-refractivity contribution in [1.29, 1.82) is 0 Å². The largest absolute Gasteiger partial charge is 0.395 e. The molecule has 0 saturated heterocycles. The molecular weight excluding hydrogens is 190 g/mol. The van der Waals surface area contributed by atoms with Gasteiger partial charge in [-0.05, 0) is 39.3 Å². The van der Waals surface area contributed by atoms with Crippen LogP contribution in [0.25, 0.3) is 0 Å². The summed E-state index contributed by atoms with van der Waals surface area (Å²) in [5.41, 5.74) is 0. The number of Topliss-reactive ketones (excluding diaryl/α,β-unsaturated/α-hetero) is 1. The van der Waals surface area contributed by atoms with Crippen LogP contribution in [0.5, 0.6) is 0 Å². The van der Waals surface area contributed by atoms with E-state index in [1.165, 1.54) is 12.8 Å². The van der Waals surface area contributed by atoms with Crippen LogP contribution in [-0.2, 0) is 4.79 Å². The SMILES string of the molecule is CCCCN(CCO)CCCCC(C)=O. The number of ketones is 1.